The number of nitrogens with two attached hydrogens (primary N) is 1. The van der Waals surface area contributed by atoms with E-state index >= 15 is 0 Å². The van der Waals surface area contributed by atoms with Gasteiger partial charge >= 0.3 is 0 Å². The molecule has 19 heavy (non-hydrogen) atoms. The third-order valence-corrected chi connectivity index (χ3v) is 4.66. The fourth-order valence-corrected chi connectivity index (χ4v) is 3.82. The van der Waals surface area contributed by atoms with E-state index in [-0.39, 0.29) is 12.0 Å². The second kappa shape index (κ2) is 5.32. The second-order valence-corrected chi connectivity index (χ2v) is 6.37. The molecule has 0 spiro atoms. The molecule has 0 radical (unpaired) electrons. The molecule has 1 fully saturated rings. The Kier molecular flexibility index (Phi) is 3.71. The molecule has 2 unspecified atom stereocenters. The van der Waals surface area contributed by atoms with Gasteiger partial charge < -0.3 is 10.3 Å². The molecule has 1 aromatic carbocycles. The molecule has 0 amide bonds. The van der Waals surface area contributed by atoms with Crippen LogP contribution in [0.5, 0.6) is 0 Å². The Labute approximate surface area is 124 Å². The Morgan fingerprint density at radius 3 is 2.58 bits per heavy atom. The van der Waals surface area contributed by atoms with Crippen LogP contribution < -0.4 is 5.73 Å². The predicted molar refractivity (Wildman–Crippen MR) is 77.8 cm³/mol. The third kappa shape index (κ3) is 2.74. The second-order valence-electron chi connectivity index (χ2n) is 4.42. The van der Waals surface area contributed by atoms with Gasteiger partial charge in [0.2, 0.25) is 11.7 Å². The van der Waals surface area contributed by atoms with Crippen LogP contribution >= 0.6 is 35.0 Å². The highest BCUT2D eigenvalue weighted by Gasteiger charge is 2.31. The van der Waals surface area contributed by atoms with Gasteiger partial charge in [-0.15, -0.1) is 0 Å². The summed E-state index contributed by atoms with van der Waals surface area (Å²) in [6.07, 6.45) is 0. The maximum atomic E-state index is 6.02. The monoisotopic (exact) mass is 315 g/mol. The van der Waals surface area contributed by atoms with Crippen molar-refractivity contribution in [1.82, 2.24) is 10.1 Å². The summed E-state index contributed by atoms with van der Waals surface area (Å²) < 4.78 is 5.31. The number of hydrogen-bond donors (Lipinski definition) is 1. The zero-order valence-electron chi connectivity index (χ0n) is 9.85. The van der Waals surface area contributed by atoms with E-state index in [1.54, 1.807) is 30.0 Å². The first-order valence-electron chi connectivity index (χ1n) is 5.77. The van der Waals surface area contributed by atoms with Crippen LogP contribution in [0.3, 0.4) is 0 Å². The molecule has 4 nitrogen and oxygen atoms in total. The topological polar surface area (TPSA) is 64.9 Å². The Bertz CT molecular complexity index is 584. The van der Waals surface area contributed by atoms with Gasteiger partial charge in [-0.1, -0.05) is 28.4 Å². The van der Waals surface area contributed by atoms with Crippen LogP contribution in [0.1, 0.15) is 11.8 Å². The van der Waals surface area contributed by atoms with Crippen molar-refractivity contribution >= 4 is 35.0 Å². The van der Waals surface area contributed by atoms with Crippen molar-refractivity contribution in [2.24, 2.45) is 5.73 Å². The Morgan fingerprint density at radius 2 is 1.95 bits per heavy atom. The van der Waals surface area contributed by atoms with Crippen LogP contribution in [0.25, 0.3) is 11.4 Å². The Morgan fingerprint density at radius 1 is 1.21 bits per heavy atom. The van der Waals surface area contributed by atoms with Crippen molar-refractivity contribution in [3.8, 4) is 11.4 Å². The molecule has 2 atom stereocenters. The van der Waals surface area contributed by atoms with Crippen molar-refractivity contribution in [2.75, 3.05) is 11.5 Å². The molecular weight excluding hydrogens is 305 g/mol. The van der Waals surface area contributed by atoms with Gasteiger partial charge in [0.1, 0.15) is 0 Å². The Balaban J connectivity index is 1.92. The number of nitrogens with zero attached hydrogens (tertiary/aromatic N) is 2. The van der Waals surface area contributed by atoms with E-state index in [1.807, 2.05) is 0 Å². The van der Waals surface area contributed by atoms with Crippen molar-refractivity contribution in [3.05, 3.63) is 34.1 Å². The summed E-state index contributed by atoms with van der Waals surface area (Å²) in [5.74, 6) is 3.04. The van der Waals surface area contributed by atoms with Gasteiger partial charge in [-0.25, -0.2) is 0 Å². The minimum absolute atomic E-state index is 0.0706. The standard InChI is InChI=1S/C12H11Cl2N3OS/c13-7-1-6(2-8(14)3-7)11-16-12(18-17-11)9-4-19-5-10(9)15/h1-3,9-10H,4-5,15H2. The first-order chi connectivity index (χ1) is 9.13. The van der Waals surface area contributed by atoms with E-state index < -0.39 is 0 Å². The highest BCUT2D eigenvalue weighted by atomic mass is 35.5. The van der Waals surface area contributed by atoms with Crippen molar-refractivity contribution in [1.29, 1.82) is 0 Å². The van der Waals surface area contributed by atoms with E-state index in [0.29, 0.717) is 21.8 Å². The maximum Gasteiger partial charge on any atom is 0.232 e. The highest BCUT2D eigenvalue weighted by molar-refractivity contribution is 7.99. The number of hydrogen-bond acceptors (Lipinski definition) is 5. The predicted octanol–water partition coefficient (Wildman–Crippen LogP) is 3.20. The zero-order chi connectivity index (χ0) is 13.4. The van der Waals surface area contributed by atoms with Crippen molar-refractivity contribution in [3.63, 3.8) is 0 Å². The zero-order valence-corrected chi connectivity index (χ0v) is 12.2. The summed E-state index contributed by atoms with van der Waals surface area (Å²) >= 11 is 13.7. The van der Waals surface area contributed by atoms with E-state index in [0.717, 1.165) is 17.1 Å². The largest absolute Gasteiger partial charge is 0.339 e. The number of benzene rings is 1. The van der Waals surface area contributed by atoms with Crippen LogP contribution in [-0.2, 0) is 0 Å². The number of halogens is 2. The fourth-order valence-electron chi connectivity index (χ4n) is 2.01. The molecule has 0 saturated carbocycles. The summed E-state index contributed by atoms with van der Waals surface area (Å²) in [4.78, 5) is 4.41. The molecule has 2 N–H and O–H groups in total. The maximum absolute atomic E-state index is 6.02. The molecule has 2 heterocycles. The first-order valence-corrected chi connectivity index (χ1v) is 7.68. The molecule has 0 aliphatic carbocycles. The number of thioether (sulfide) groups is 1. The van der Waals surface area contributed by atoms with Crippen LogP contribution in [-0.4, -0.2) is 27.7 Å². The van der Waals surface area contributed by atoms with Crippen molar-refractivity contribution < 1.29 is 4.52 Å². The van der Waals surface area contributed by atoms with Gasteiger partial charge in [-0.3, -0.25) is 0 Å². The molecule has 1 aromatic heterocycles. The van der Waals surface area contributed by atoms with Crippen molar-refractivity contribution in [2.45, 2.75) is 12.0 Å². The molecule has 0 bridgehead atoms. The average Bonchev–Trinajstić information content (AvgIpc) is 2.95. The highest BCUT2D eigenvalue weighted by Crippen LogP contribution is 2.32. The number of rotatable bonds is 2. The smallest absolute Gasteiger partial charge is 0.232 e. The molecule has 1 aliphatic rings. The van der Waals surface area contributed by atoms with E-state index in [2.05, 4.69) is 10.1 Å². The first kappa shape index (κ1) is 13.2. The van der Waals surface area contributed by atoms with Gasteiger partial charge in [0.25, 0.3) is 0 Å². The van der Waals surface area contributed by atoms with Gasteiger partial charge in [-0.05, 0) is 18.2 Å². The average molecular weight is 316 g/mol. The molecule has 100 valence electrons. The quantitative estimate of drug-likeness (QED) is 0.921. The summed E-state index contributed by atoms with van der Waals surface area (Å²) in [6.45, 7) is 0. The van der Waals surface area contributed by atoms with Crippen LogP contribution in [0.15, 0.2) is 22.7 Å². The lowest BCUT2D eigenvalue weighted by Gasteiger charge is -2.07. The van der Waals surface area contributed by atoms with Crippen LogP contribution in [0.4, 0.5) is 0 Å². The van der Waals surface area contributed by atoms with Gasteiger partial charge in [0, 0.05) is 33.2 Å². The molecule has 1 saturated heterocycles. The summed E-state index contributed by atoms with van der Waals surface area (Å²) in [6, 6.07) is 5.25. The molecule has 7 heteroatoms. The van der Waals surface area contributed by atoms with Gasteiger partial charge in [0.15, 0.2) is 0 Å². The van der Waals surface area contributed by atoms with Crippen LogP contribution in [0.2, 0.25) is 10.0 Å². The SMILES string of the molecule is NC1CSCC1c1nc(-c2cc(Cl)cc(Cl)c2)no1. The lowest BCUT2D eigenvalue weighted by Crippen LogP contribution is -2.26. The molecular formula is C12H11Cl2N3OS. The molecule has 3 rings (SSSR count). The van der Waals surface area contributed by atoms with Gasteiger partial charge in [0.05, 0.1) is 5.92 Å². The van der Waals surface area contributed by atoms with E-state index in [1.165, 1.54) is 0 Å². The van der Waals surface area contributed by atoms with E-state index in [4.69, 9.17) is 33.5 Å². The summed E-state index contributed by atoms with van der Waals surface area (Å²) in [5, 5.41) is 5.07. The fraction of sp³-hybridized carbons (Fsp3) is 0.333. The van der Waals surface area contributed by atoms with Crippen LogP contribution in [0, 0.1) is 0 Å². The Hall–Kier alpha value is -0.750. The number of aromatic nitrogens is 2. The van der Waals surface area contributed by atoms with Gasteiger partial charge in [-0.2, -0.15) is 16.7 Å². The minimum Gasteiger partial charge on any atom is -0.339 e. The lowest BCUT2D eigenvalue weighted by atomic mass is 10.1. The normalized spacial score (nSPS) is 22.9. The lowest BCUT2D eigenvalue weighted by molar-refractivity contribution is 0.352. The molecule has 1 aliphatic heterocycles. The molecule has 2 aromatic rings. The summed E-state index contributed by atoms with van der Waals surface area (Å²) in [5.41, 5.74) is 6.76. The van der Waals surface area contributed by atoms with E-state index in [9.17, 15) is 0 Å². The minimum atomic E-state index is 0.0706. The summed E-state index contributed by atoms with van der Waals surface area (Å²) in [7, 11) is 0. The third-order valence-electron chi connectivity index (χ3n) is 3.00.